The summed E-state index contributed by atoms with van der Waals surface area (Å²) in [5.74, 6) is 1.06. The molecule has 142 valence electrons. The molecule has 2 heterocycles. The molecule has 1 aliphatic rings. The normalized spacial score (nSPS) is 14.2. The molecule has 0 saturated heterocycles. The second-order valence-corrected chi connectivity index (χ2v) is 7.46. The van der Waals surface area contributed by atoms with Crippen molar-refractivity contribution >= 4 is 23.3 Å². The fourth-order valence-corrected chi connectivity index (χ4v) is 3.77. The molecule has 1 saturated carbocycles. The van der Waals surface area contributed by atoms with Crippen LogP contribution in [0, 0.1) is 6.92 Å². The van der Waals surface area contributed by atoms with E-state index in [9.17, 15) is 4.79 Å². The largest absolute Gasteiger partial charge is 0.288 e. The van der Waals surface area contributed by atoms with E-state index in [2.05, 4.69) is 15.0 Å². The van der Waals surface area contributed by atoms with Gasteiger partial charge < -0.3 is 0 Å². The molecule has 6 heteroatoms. The Hall–Kier alpha value is -2.79. The molecule has 4 rings (SSSR count). The first-order chi connectivity index (χ1) is 13.6. The third-order valence-corrected chi connectivity index (χ3v) is 5.23. The fourth-order valence-electron chi connectivity index (χ4n) is 3.65. The number of nitrogens with zero attached hydrogens (tertiary/aromatic N) is 4. The topological polar surface area (TPSA) is 59.0 Å². The van der Waals surface area contributed by atoms with Gasteiger partial charge in [-0.1, -0.05) is 30.5 Å². The zero-order chi connectivity index (χ0) is 19.5. The molecule has 1 amide bonds. The molecule has 1 fully saturated rings. The number of hydrogen-bond acceptors (Lipinski definition) is 4. The van der Waals surface area contributed by atoms with E-state index in [1.165, 1.54) is 0 Å². The van der Waals surface area contributed by atoms with Crippen molar-refractivity contribution in [2.24, 2.45) is 0 Å². The van der Waals surface area contributed by atoms with Crippen molar-refractivity contribution in [1.29, 1.82) is 0 Å². The summed E-state index contributed by atoms with van der Waals surface area (Å²) in [6.45, 7) is 1.87. The van der Waals surface area contributed by atoms with Crippen LogP contribution in [0.4, 0.5) is 5.82 Å². The number of aromatic nitrogens is 3. The van der Waals surface area contributed by atoms with Gasteiger partial charge in [0.05, 0.1) is 0 Å². The first-order valence-electron chi connectivity index (χ1n) is 9.48. The van der Waals surface area contributed by atoms with Crippen LogP contribution < -0.4 is 4.90 Å². The minimum atomic E-state index is -0.133. The standard InChI is InChI=1S/C22H21ClN4O/c1-15-14-19(26-21(25-15)16-9-11-17(23)12-10-16)22(28)27(18-6-2-3-7-18)20-8-4-5-13-24-20/h4-5,8-14,18H,2-3,6-7H2,1H3. The van der Waals surface area contributed by atoms with Gasteiger partial charge in [0.1, 0.15) is 11.5 Å². The van der Waals surface area contributed by atoms with Gasteiger partial charge in [-0.15, -0.1) is 0 Å². The summed E-state index contributed by atoms with van der Waals surface area (Å²) in [5.41, 5.74) is 1.96. The second-order valence-electron chi connectivity index (χ2n) is 7.03. The van der Waals surface area contributed by atoms with Gasteiger partial charge in [-0.2, -0.15) is 0 Å². The predicted molar refractivity (Wildman–Crippen MR) is 111 cm³/mol. The van der Waals surface area contributed by atoms with Crippen LogP contribution >= 0.6 is 11.6 Å². The van der Waals surface area contributed by atoms with Gasteiger partial charge in [0, 0.05) is 28.5 Å². The maximum absolute atomic E-state index is 13.5. The Labute approximate surface area is 169 Å². The van der Waals surface area contributed by atoms with Crippen LogP contribution in [0.25, 0.3) is 11.4 Å². The van der Waals surface area contributed by atoms with Crippen LogP contribution in [0.3, 0.4) is 0 Å². The van der Waals surface area contributed by atoms with Crippen molar-refractivity contribution in [3.8, 4) is 11.4 Å². The van der Waals surface area contributed by atoms with Crippen LogP contribution in [0.15, 0.2) is 54.7 Å². The number of amides is 1. The van der Waals surface area contributed by atoms with E-state index in [-0.39, 0.29) is 11.9 Å². The van der Waals surface area contributed by atoms with Gasteiger partial charge in [0.2, 0.25) is 0 Å². The first-order valence-corrected chi connectivity index (χ1v) is 9.86. The fraction of sp³-hybridized carbons (Fsp3) is 0.273. The van der Waals surface area contributed by atoms with Crippen molar-refractivity contribution in [1.82, 2.24) is 15.0 Å². The zero-order valence-electron chi connectivity index (χ0n) is 15.7. The maximum atomic E-state index is 13.5. The average molecular weight is 393 g/mol. The number of carbonyl (C=O) groups excluding carboxylic acids is 1. The minimum absolute atomic E-state index is 0.133. The summed E-state index contributed by atoms with van der Waals surface area (Å²) in [6.07, 6.45) is 5.93. The molecule has 0 aliphatic heterocycles. The van der Waals surface area contributed by atoms with Crippen molar-refractivity contribution in [2.45, 2.75) is 38.6 Å². The summed E-state index contributed by atoms with van der Waals surface area (Å²) >= 11 is 5.99. The Morgan fingerprint density at radius 3 is 2.50 bits per heavy atom. The number of pyridine rings is 1. The lowest BCUT2D eigenvalue weighted by Crippen LogP contribution is -2.40. The van der Waals surface area contributed by atoms with E-state index in [4.69, 9.17) is 11.6 Å². The van der Waals surface area contributed by atoms with Crippen LogP contribution in [0.5, 0.6) is 0 Å². The summed E-state index contributed by atoms with van der Waals surface area (Å²) in [6, 6.07) is 14.8. The van der Waals surface area contributed by atoms with Crippen LogP contribution in [0.2, 0.25) is 5.02 Å². The number of carbonyl (C=O) groups is 1. The molecule has 0 atom stereocenters. The van der Waals surface area contributed by atoms with Gasteiger partial charge >= 0.3 is 0 Å². The van der Waals surface area contributed by atoms with E-state index in [0.717, 1.165) is 36.9 Å². The minimum Gasteiger partial charge on any atom is -0.288 e. The van der Waals surface area contributed by atoms with Crippen molar-refractivity contribution in [3.63, 3.8) is 0 Å². The lowest BCUT2D eigenvalue weighted by atomic mass is 10.1. The molecular formula is C22H21ClN4O. The highest BCUT2D eigenvalue weighted by Crippen LogP contribution is 2.29. The lowest BCUT2D eigenvalue weighted by molar-refractivity contribution is 0.0971. The molecule has 1 aliphatic carbocycles. The summed E-state index contributed by atoms with van der Waals surface area (Å²) in [7, 11) is 0. The SMILES string of the molecule is Cc1cc(C(=O)N(c2ccccn2)C2CCCC2)nc(-c2ccc(Cl)cc2)n1. The van der Waals surface area contributed by atoms with Gasteiger partial charge in [-0.25, -0.2) is 15.0 Å². The molecule has 0 radical (unpaired) electrons. The molecule has 2 aromatic heterocycles. The van der Waals surface area contributed by atoms with E-state index in [1.54, 1.807) is 29.3 Å². The number of aryl methyl sites for hydroxylation is 1. The first kappa shape index (κ1) is 18.6. The van der Waals surface area contributed by atoms with E-state index in [1.807, 2.05) is 37.3 Å². The number of halogens is 1. The van der Waals surface area contributed by atoms with E-state index >= 15 is 0 Å². The van der Waals surface area contributed by atoms with Crippen LogP contribution in [-0.2, 0) is 0 Å². The lowest BCUT2D eigenvalue weighted by Gasteiger charge is -2.27. The third-order valence-electron chi connectivity index (χ3n) is 4.98. The molecule has 0 unspecified atom stereocenters. The Morgan fingerprint density at radius 1 is 1.07 bits per heavy atom. The smallest absolute Gasteiger partial charge is 0.278 e. The van der Waals surface area contributed by atoms with Crippen LogP contribution in [0.1, 0.15) is 41.9 Å². The molecule has 0 spiro atoms. The second kappa shape index (κ2) is 8.07. The van der Waals surface area contributed by atoms with E-state index in [0.29, 0.717) is 22.4 Å². The maximum Gasteiger partial charge on any atom is 0.278 e. The molecule has 5 nitrogen and oxygen atoms in total. The van der Waals surface area contributed by atoms with Crippen molar-refractivity contribution < 1.29 is 4.79 Å². The highest BCUT2D eigenvalue weighted by Gasteiger charge is 2.30. The summed E-state index contributed by atoms with van der Waals surface area (Å²) in [5, 5.41) is 0.648. The molecule has 0 bridgehead atoms. The molecule has 28 heavy (non-hydrogen) atoms. The molecule has 3 aromatic rings. The monoisotopic (exact) mass is 392 g/mol. The number of hydrogen-bond donors (Lipinski definition) is 0. The van der Waals surface area contributed by atoms with Crippen molar-refractivity contribution in [2.75, 3.05) is 4.90 Å². The van der Waals surface area contributed by atoms with Gasteiger partial charge in [0.15, 0.2) is 5.82 Å². The predicted octanol–water partition coefficient (Wildman–Crippen LogP) is 5.09. The van der Waals surface area contributed by atoms with Gasteiger partial charge in [-0.05, 0) is 62.2 Å². The Balaban J connectivity index is 1.73. The zero-order valence-corrected chi connectivity index (χ0v) is 16.4. The van der Waals surface area contributed by atoms with E-state index < -0.39 is 0 Å². The summed E-state index contributed by atoms with van der Waals surface area (Å²) in [4.78, 5) is 28.8. The molecular weight excluding hydrogens is 372 g/mol. The Bertz CT molecular complexity index is 970. The third kappa shape index (κ3) is 3.90. The number of benzene rings is 1. The Kier molecular flexibility index (Phi) is 5.35. The number of rotatable bonds is 4. The Morgan fingerprint density at radius 2 is 1.82 bits per heavy atom. The quantitative estimate of drug-likeness (QED) is 0.620. The van der Waals surface area contributed by atoms with Gasteiger partial charge in [0.25, 0.3) is 5.91 Å². The number of anilines is 1. The van der Waals surface area contributed by atoms with Crippen LogP contribution in [-0.4, -0.2) is 26.9 Å². The van der Waals surface area contributed by atoms with Gasteiger partial charge in [-0.3, -0.25) is 9.69 Å². The summed E-state index contributed by atoms with van der Waals surface area (Å²) < 4.78 is 0. The average Bonchev–Trinajstić information content (AvgIpc) is 3.23. The molecule has 1 aromatic carbocycles. The van der Waals surface area contributed by atoms with Crippen molar-refractivity contribution in [3.05, 3.63) is 71.1 Å². The highest BCUT2D eigenvalue weighted by molar-refractivity contribution is 6.30. The molecule has 0 N–H and O–H groups in total. The highest BCUT2D eigenvalue weighted by atomic mass is 35.5.